The predicted octanol–water partition coefficient (Wildman–Crippen LogP) is 3.86. The first-order chi connectivity index (χ1) is 15.1. The molecule has 0 radical (unpaired) electrons. The molecule has 2 N–H and O–H groups in total. The van der Waals surface area contributed by atoms with Gasteiger partial charge in [-0.05, 0) is 35.9 Å². The van der Waals surface area contributed by atoms with Gasteiger partial charge in [0.1, 0.15) is 11.4 Å². The Morgan fingerprint density at radius 3 is 1.91 bits per heavy atom. The smallest absolute Gasteiger partial charge is 0.272 e. The van der Waals surface area contributed by atoms with E-state index in [9.17, 15) is 9.59 Å². The number of hydrogen-bond acceptors (Lipinski definition) is 6. The van der Waals surface area contributed by atoms with E-state index < -0.39 is 11.3 Å². The van der Waals surface area contributed by atoms with Crippen LogP contribution in [0.25, 0.3) is 6.08 Å². The van der Waals surface area contributed by atoms with Crippen LogP contribution in [0.5, 0.6) is 23.0 Å². The van der Waals surface area contributed by atoms with Gasteiger partial charge >= 0.3 is 0 Å². The molecule has 2 aromatic carbocycles. The minimum atomic E-state index is -0.709. The highest BCUT2D eigenvalue weighted by Crippen LogP contribution is 2.38. The number of carbonyl (C=O) groups is 2. The molecule has 0 aromatic heterocycles. The summed E-state index contributed by atoms with van der Waals surface area (Å²) in [5.41, 5.74) is 0.379. The number of nitrogens with one attached hydrogen (secondary N) is 2. The van der Waals surface area contributed by atoms with Gasteiger partial charge in [0.15, 0.2) is 11.5 Å². The summed E-state index contributed by atoms with van der Waals surface area (Å²) in [6, 6.07) is 10.4. The molecule has 0 aliphatic rings. The van der Waals surface area contributed by atoms with Gasteiger partial charge in [-0.2, -0.15) is 0 Å². The van der Waals surface area contributed by atoms with Crippen molar-refractivity contribution >= 4 is 23.6 Å². The van der Waals surface area contributed by atoms with Gasteiger partial charge in [0.25, 0.3) is 5.91 Å². The molecular weight excluding hydrogens is 412 g/mol. The average molecular weight is 443 g/mol. The molecule has 2 rings (SSSR count). The molecule has 0 unspecified atom stereocenters. The van der Waals surface area contributed by atoms with Gasteiger partial charge in [-0.25, -0.2) is 0 Å². The van der Waals surface area contributed by atoms with Gasteiger partial charge in [0.05, 0.1) is 34.1 Å². The van der Waals surface area contributed by atoms with E-state index in [0.29, 0.717) is 34.2 Å². The molecule has 0 aliphatic carbocycles. The first-order valence-corrected chi connectivity index (χ1v) is 9.92. The van der Waals surface area contributed by atoms with Gasteiger partial charge in [0, 0.05) is 5.41 Å². The van der Waals surface area contributed by atoms with Gasteiger partial charge in [0.2, 0.25) is 11.7 Å². The monoisotopic (exact) mass is 442 g/mol. The lowest BCUT2D eigenvalue weighted by molar-refractivity contribution is -0.128. The molecule has 0 aliphatic heterocycles. The van der Waals surface area contributed by atoms with Crippen LogP contribution in [0, 0.1) is 5.41 Å². The molecule has 2 amide bonds. The SMILES string of the molecule is COc1ccccc1NC(=O)/C(=C\c1cc(OC)c(OC)c(OC)c1)NC(=O)C(C)(C)C. The summed E-state index contributed by atoms with van der Waals surface area (Å²) < 4.78 is 21.4. The zero-order chi connectivity index (χ0) is 23.9. The maximum Gasteiger partial charge on any atom is 0.272 e. The van der Waals surface area contributed by atoms with E-state index in [4.69, 9.17) is 18.9 Å². The summed E-state index contributed by atoms with van der Waals surface area (Å²) in [7, 11) is 6.02. The lowest BCUT2D eigenvalue weighted by Gasteiger charge is -2.20. The fourth-order valence-corrected chi connectivity index (χ4v) is 2.76. The van der Waals surface area contributed by atoms with Crippen LogP contribution in [0.1, 0.15) is 26.3 Å². The van der Waals surface area contributed by atoms with Crippen LogP contribution in [0.4, 0.5) is 5.69 Å². The highest BCUT2D eigenvalue weighted by molar-refractivity contribution is 6.09. The van der Waals surface area contributed by atoms with Gasteiger partial charge in [-0.1, -0.05) is 32.9 Å². The third-order valence-electron chi connectivity index (χ3n) is 4.53. The Kier molecular flexibility index (Phi) is 8.12. The number of anilines is 1. The van der Waals surface area contributed by atoms with Gasteiger partial charge in [-0.3, -0.25) is 9.59 Å². The van der Waals surface area contributed by atoms with Gasteiger partial charge in [-0.15, -0.1) is 0 Å². The van der Waals surface area contributed by atoms with E-state index in [1.807, 2.05) is 0 Å². The highest BCUT2D eigenvalue weighted by Gasteiger charge is 2.25. The summed E-state index contributed by atoms with van der Waals surface area (Å²) in [4.78, 5) is 25.8. The Balaban J connectivity index is 2.52. The number of carbonyl (C=O) groups excluding carboxylic acids is 2. The third-order valence-corrected chi connectivity index (χ3v) is 4.53. The number of hydrogen-bond donors (Lipinski definition) is 2. The quantitative estimate of drug-likeness (QED) is 0.603. The maximum atomic E-state index is 13.1. The molecule has 0 fully saturated rings. The number of methoxy groups -OCH3 is 4. The van der Waals surface area contributed by atoms with E-state index in [2.05, 4.69) is 10.6 Å². The van der Waals surface area contributed by atoms with Gasteiger partial charge < -0.3 is 29.6 Å². The predicted molar refractivity (Wildman–Crippen MR) is 123 cm³/mol. The second-order valence-electron chi connectivity index (χ2n) is 7.88. The van der Waals surface area contributed by atoms with Crippen molar-refractivity contribution in [2.45, 2.75) is 20.8 Å². The van der Waals surface area contributed by atoms with E-state index >= 15 is 0 Å². The maximum absolute atomic E-state index is 13.1. The van der Waals surface area contributed by atoms with E-state index in [1.54, 1.807) is 63.2 Å². The molecule has 0 bridgehead atoms. The van der Waals surface area contributed by atoms with E-state index in [0.717, 1.165) is 0 Å². The van der Waals surface area contributed by atoms with Crippen molar-refractivity contribution in [1.29, 1.82) is 0 Å². The topological polar surface area (TPSA) is 95.1 Å². The van der Waals surface area contributed by atoms with Crippen molar-refractivity contribution in [3.05, 3.63) is 47.7 Å². The number of para-hydroxylation sites is 2. The fraction of sp³-hybridized carbons (Fsp3) is 0.333. The lowest BCUT2D eigenvalue weighted by Crippen LogP contribution is -2.38. The van der Waals surface area contributed by atoms with E-state index in [-0.39, 0.29) is 11.6 Å². The Bertz CT molecular complexity index is 983. The molecule has 0 atom stereocenters. The van der Waals surface area contributed by atoms with Crippen molar-refractivity contribution in [2.75, 3.05) is 33.8 Å². The molecular formula is C24H30N2O6. The Hall–Kier alpha value is -3.68. The minimum Gasteiger partial charge on any atom is -0.495 e. The van der Waals surface area contributed by atoms with Crippen molar-refractivity contribution in [2.24, 2.45) is 5.41 Å². The van der Waals surface area contributed by atoms with Crippen molar-refractivity contribution in [1.82, 2.24) is 5.32 Å². The molecule has 0 saturated heterocycles. The minimum absolute atomic E-state index is 0.0464. The van der Waals surface area contributed by atoms with Crippen LogP contribution in [-0.2, 0) is 9.59 Å². The second-order valence-corrected chi connectivity index (χ2v) is 7.88. The van der Waals surface area contributed by atoms with Crippen LogP contribution in [0.2, 0.25) is 0 Å². The molecule has 8 heteroatoms. The molecule has 0 heterocycles. The average Bonchev–Trinajstić information content (AvgIpc) is 2.77. The first kappa shape index (κ1) is 24.6. The Labute approximate surface area is 188 Å². The molecule has 8 nitrogen and oxygen atoms in total. The van der Waals surface area contributed by atoms with Crippen molar-refractivity contribution in [3.63, 3.8) is 0 Å². The summed E-state index contributed by atoms with van der Waals surface area (Å²) in [6.45, 7) is 5.28. The third kappa shape index (κ3) is 5.94. The number of amides is 2. The first-order valence-electron chi connectivity index (χ1n) is 9.92. The van der Waals surface area contributed by atoms with Crippen LogP contribution in [0.3, 0.4) is 0 Å². The van der Waals surface area contributed by atoms with Crippen molar-refractivity contribution in [3.8, 4) is 23.0 Å². The summed E-state index contributed by atoms with van der Waals surface area (Å²) in [5, 5.41) is 5.51. The Morgan fingerprint density at radius 2 is 1.41 bits per heavy atom. The molecule has 2 aromatic rings. The number of ether oxygens (including phenoxy) is 4. The summed E-state index contributed by atoms with van der Waals surface area (Å²) in [6.07, 6.45) is 1.54. The standard InChI is InChI=1S/C24H30N2O6/c1-24(2,3)23(28)26-17(22(27)25-16-10-8-9-11-18(16)29-4)12-15-13-19(30-5)21(32-7)20(14-15)31-6/h8-14H,1-7H3,(H,25,27)(H,26,28)/b17-12+. The molecule has 32 heavy (non-hydrogen) atoms. The zero-order valence-electron chi connectivity index (χ0n) is 19.5. The largest absolute Gasteiger partial charge is 0.495 e. The zero-order valence-corrected chi connectivity index (χ0v) is 19.5. The van der Waals surface area contributed by atoms with Crippen molar-refractivity contribution < 1.29 is 28.5 Å². The van der Waals surface area contributed by atoms with E-state index in [1.165, 1.54) is 28.4 Å². The Morgan fingerprint density at radius 1 is 0.844 bits per heavy atom. The number of rotatable bonds is 8. The lowest BCUT2D eigenvalue weighted by atomic mass is 9.95. The van der Waals surface area contributed by atoms with Crippen LogP contribution >= 0.6 is 0 Å². The molecule has 172 valence electrons. The van der Waals surface area contributed by atoms with Crippen LogP contribution in [0.15, 0.2) is 42.1 Å². The fourth-order valence-electron chi connectivity index (χ4n) is 2.76. The second kappa shape index (κ2) is 10.6. The molecule has 0 saturated carbocycles. The number of benzene rings is 2. The highest BCUT2D eigenvalue weighted by atomic mass is 16.5. The summed E-state index contributed by atoms with van der Waals surface area (Å²) >= 11 is 0. The normalized spacial score (nSPS) is 11.4. The van der Waals surface area contributed by atoms with Crippen LogP contribution in [-0.4, -0.2) is 40.3 Å². The molecule has 0 spiro atoms. The van der Waals surface area contributed by atoms with Crippen LogP contribution < -0.4 is 29.6 Å². The summed E-state index contributed by atoms with van der Waals surface area (Å²) in [5.74, 6) is 0.933.